The van der Waals surface area contributed by atoms with Gasteiger partial charge in [-0.3, -0.25) is 0 Å². The minimum absolute atomic E-state index is 0.201. The van der Waals surface area contributed by atoms with Crippen LogP contribution in [-0.2, 0) is 6.54 Å². The van der Waals surface area contributed by atoms with Crippen LogP contribution in [0.5, 0.6) is 5.75 Å². The molecule has 0 spiro atoms. The van der Waals surface area contributed by atoms with Crippen molar-refractivity contribution in [3.05, 3.63) is 53.8 Å². The van der Waals surface area contributed by atoms with Gasteiger partial charge in [-0.1, -0.05) is 6.07 Å². The van der Waals surface area contributed by atoms with Gasteiger partial charge in [0.1, 0.15) is 11.6 Å². The van der Waals surface area contributed by atoms with Gasteiger partial charge in [-0.25, -0.2) is 4.39 Å². The summed E-state index contributed by atoms with van der Waals surface area (Å²) >= 11 is 0. The molecule has 0 aromatic heterocycles. The van der Waals surface area contributed by atoms with Gasteiger partial charge in [0.15, 0.2) is 0 Å². The second kappa shape index (κ2) is 4.96. The van der Waals surface area contributed by atoms with E-state index in [2.05, 4.69) is 0 Å². The van der Waals surface area contributed by atoms with Crippen molar-refractivity contribution in [3.63, 3.8) is 0 Å². The molecule has 3 N–H and O–H groups in total. The summed E-state index contributed by atoms with van der Waals surface area (Å²) in [6.07, 6.45) is 0. The molecule has 3 nitrogen and oxygen atoms in total. The Morgan fingerprint density at radius 2 is 2.00 bits per heavy atom. The summed E-state index contributed by atoms with van der Waals surface area (Å²) in [5, 5.41) is 9.42. The maximum Gasteiger partial charge on any atom is 0.123 e. The van der Waals surface area contributed by atoms with Gasteiger partial charge in [0.25, 0.3) is 0 Å². The van der Waals surface area contributed by atoms with Crippen molar-refractivity contribution in [1.29, 1.82) is 0 Å². The highest BCUT2D eigenvalue weighted by atomic mass is 19.1. The van der Waals surface area contributed by atoms with Gasteiger partial charge in [0.2, 0.25) is 0 Å². The zero-order valence-corrected chi connectivity index (χ0v) is 10.1. The van der Waals surface area contributed by atoms with Crippen LogP contribution < -0.4 is 10.6 Å². The molecule has 2 rings (SSSR count). The third kappa shape index (κ3) is 2.71. The summed E-state index contributed by atoms with van der Waals surface area (Å²) in [6.45, 7) is 0.479. The molecule has 94 valence electrons. The smallest absolute Gasteiger partial charge is 0.123 e. The molecule has 0 bridgehead atoms. The summed E-state index contributed by atoms with van der Waals surface area (Å²) in [4.78, 5) is 1.89. The first-order chi connectivity index (χ1) is 8.56. The monoisotopic (exact) mass is 246 g/mol. The largest absolute Gasteiger partial charge is 0.508 e. The summed E-state index contributed by atoms with van der Waals surface area (Å²) in [7, 11) is 1.86. The highest BCUT2D eigenvalue weighted by Gasteiger charge is 2.06. The number of phenols is 1. The van der Waals surface area contributed by atoms with E-state index in [0.717, 1.165) is 11.3 Å². The highest BCUT2D eigenvalue weighted by molar-refractivity contribution is 5.53. The van der Waals surface area contributed by atoms with E-state index in [4.69, 9.17) is 5.73 Å². The van der Waals surface area contributed by atoms with Gasteiger partial charge in [0, 0.05) is 31.0 Å². The number of nitrogens with zero attached hydrogens (tertiary/aromatic N) is 1. The Morgan fingerprint density at radius 1 is 1.22 bits per heavy atom. The van der Waals surface area contributed by atoms with E-state index in [9.17, 15) is 9.50 Å². The molecular weight excluding hydrogens is 231 g/mol. The third-order valence-corrected chi connectivity index (χ3v) is 2.78. The molecule has 0 fully saturated rings. The van der Waals surface area contributed by atoms with Crippen LogP contribution in [-0.4, -0.2) is 12.2 Å². The SMILES string of the molecule is CN(Cc1cc(F)ccc1N)c1cccc(O)c1. The average molecular weight is 246 g/mol. The van der Waals surface area contributed by atoms with Crippen LogP contribution in [0, 0.1) is 5.82 Å². The lowest BCUT2D eigenvalue weighted by Crippen LogP contribution is -2.17. The van der Waals surface area contributed by atoms with Crippen LogP contribution in [0.15, 0.2) is 42.5 Å². The Balaban J connectivity index is 2.21. The number of anilines is 2. The number of halogens is 1. The molecule has 0 aliphatic rings. The van der Waals surface area contributed by atoms with Gasteiger partial charge in [-0.05, 0) is 35.9 Å². The molecule has 0 saturated heterocycles. The molecule has 0 amide bonds. The zero-order valence-electron chi connectivity index (χ0n) is 10.1. The Labute approximate surface area is 105 Å². The van der Waals surface area contributed by atoms with E-state index in [1.54, 1.807) is 24.3 Å². The molecule has 0 saturated carbocycles. The maximum absolute atomic E-state index is 13.2. The molecule has 0 atom stereocenters. The molecule has 0 heterocycles. The predicted octanol–water partition coefficient (Wildman–Crippen LogP) is 2.75. The maximum atomic E-state index is 13.2. The van der Waals surface area contributed by atoms with Crippen molar-refractivity contribution in [3.8, 4) is 5.75 Å². The second-order valence-electron chi connectivity index (χ2n) is 4.22. The lowest BCUT2D eigenvalue weighted by molar-refractivity contribution is 0.475. The molecule has 0 aliphatic carbocycles. The summed E-state index contributed by atoms with van der Waals surface area (Å²) in [5.74, 6) is -0.102. The fourth-order valence-electron chi connectivity index (χ4n) is 1.79. The Kier molecular flexibility index (Phi) is 3.37. The van der Waals surface area contributed by atoms with Crippen molar-refractivity contribution in [2.45, 2.75) is 6.54 Å². The molecule has 0 unspecified atom stereocenters. The normalized spacial score (nSPS) is 10.3. The van der Waals surface area contributed by atoms with E-state index in [-0.39, 0.29) is 11.6 Å². The Bertz CT molecular complexity index is 557. The number of benzene rings is 2. The van der Waals surface area contributed by atoms with Crippen molar-refractivity contribution in [2.24, 2.45) is 0 Å². The van der Waals surface area contributed by atoms with Gasteiger partial charge in [-0.15, -0.1) is 0 Å². The van der Waals surface area contributed by atoms with Crippen LogP contribution in [0.2, 0.25) is 0 Å². The number of phenolic OH excluding ortho intramolecular Hbond substituents is 1. The van der Waals surface area contributed by atoms with Crippen molar-refractivity contribution in [2.75, 3.05) is 17.7 Å². The predicted molar refractivity (Wildman–Crippen MR) is 71.0 cm³/mol. The molecule has 4 heteroatoms. The number of rotatable bonds is 3. The molecule has 2 aromatic rings. The van der Waals surface area contributed by atoms with Crippen LogP contribution in [0.25, 0.3) is 0 Å². The van der Waals surface area contributed by atoms with E-state index >= 15 is 0 Å². The van der Waals surface area contributed by atoms with Crippen LogP contribution in [0.1, 0.15) is 5.56 Å². The minimum Gasteiger partial charge on any atom is -0.508 e. The average Bonchev–Trinajstić information content (AvgIpc) is 2.34. The lowest BCUT2D eigenvalue weighted by atomic mass is 10.1. The van der Waals surface area contributed by atoms with E-state index in [1.807, 2.05) is 18.0 Å². The highest BCUT2D eigenvalue weighted by Crippen LogP contribution is 2.22. The van der Waals surface area contributed by atoms with E-state index < -0.39 is 0 Å². The number of hydrogen-bond acceptors (Lipinski definition) is 3. The summed E-state index contributed by atoms with van der Waals surface area (Å²) in [6, 6.07) is 11.2. The van der Waals surface area contributed by atoms with E-state index in [0.29, 0.717) is 12.2 Å². The molecule has 0 aliphatic heterocycles. The Hall–Kier alpha value is -2.23. The van der Waals surface area contributed by atoms with E-state index in [1.165, 1.54) is 12.1 Å². The topological polar surface area (TPSA) is 49.5 Å². The first-order valence-corrected chi connectivity index (χ1v) is 5.60. The van der Waals surface area contributed by atoms with Crippen molar-refractivity contribution >= 4 is 11.4 Å². The number of hydrogen-bond donors (Lipinski definition) is 2. The van der Waals surface area contributed by atoms with Gasteiger partial charge < -0.3 is 15.7 Å². The Morgan fingerprint density at radius 3 is 2.72 bits per heavy atom. The fourth-order valence-corrected chi connectivity index (χ4v) is 1.79. The van der Waals surface area contributed by atoms with Crippen LogP contribution in [0.3, 0.4) is 0 Å². The molecular formula is C14H15FN2O. The van der Waals surface area contributed by atoms with Crippen molar-refractivity contribution in [1.82, 2.24) is 0 Å². The third-order valence-electron chi connectivity index (χ3n) is 2.78. The number of nitrogens with two attached hydrogens (primary N) is 1. The van der Waals surface area contributed by atoms with Gasteiger partial charge in [0.05, 0.1) is 0 Å². The molecule has 18 heavy (non-hydrogen) atoms. The molecule has 0 radical (unpaired) electrons. The summed E-state index contributed by atoms with van der Waals surface area (Å²) < 4.78 is 13.2. The van der Waals surface area contributed by atoms with Gasteiger partial charge >= 0.3 is 0 Å². The lowest BCUT2D eigenvalue weighted by Gasteiger charge is -2.20. The summed E-state index contributed by atoms with van der Waals surface area (Å²) in [5.41, 5.74) is 7.93. The van der Waals surface area contributed by atoms with Crippen molar-refractivity contribution < 1.29 is 9.50 Å². The quantitative estimate of drug-likeness (QED) is 0.819. The standard InChI is InChI=1S/C14H15FN2O/c1-17(12-3-2-4-13(18)8-12)9-10-7-11(15)5-6-14(10)16/h2-8,18H,9,16H2,1H3. The number of aromatic hydroxyl groups is 1. The van der Waals surface area contributed by atoms with Crippen LogP contribution >= 0.6 is 0 Å². The first kappa shape index (κ1) is 12.2. The zero-order chi connectivity index (χ0) is 13.1. The van der Waals surface area contributed by atoms with Gasteiger partial charge in [-0.2, -0.15) is 0 Å². The first-order valence-electron chi connectivity index (χ1n) is 5.60. The van der Waals surface area contributed by atoms with Crippen LogP contribution in [0.4, 0.5) is 15.8 Å². The minimum atomic E-state index is -0.302. The number of nitrogen functional groups attached to an aromatic ring is 1. The second-order valence-corrected chi connectivity index (χ2v) is 4.22. The fraction of sp³-hybridized carbons (Fsp3) is 0.143. The molecule has 2 aromatic carbocycles.